The number of methoxy groups -OCH3 is 1. The Morgan fingerprint density at radius 1 is 1.29 bits per heavy atom. The summed E-state index contributed by atoms with van der Waals surface area (Å²) >= 11 is 0. The van der Waals surface area contributed by atoms with E-state index in [1.165, 1.54) is 0 Å². The molecule has 0 fully saturated rings. The van der Waals surface area contributed by atoms with E-state index in [1.54, 1.807) is 7.11 Å². The lowest BCUT2D eigenvalue weighted by molar-refractivity contribution is -0.136. The van der Waals surface area contributed by atoms with E-state index in [0.29, 0.717) is 13.0 Å². The summed E-state index contributed by atoms with van der Waals surface area (Å²) in [6, 6.07) is 7.76. The topological polar surface area (TPSA) is 80.6 Å². The van der Waals surface area contributed by atoms with E-state index < -0.39 is 5.97 Å². The first-order valence-electron chi connectivity index (χ1n) is 6.72. The number of nitrogens with zero attached hydrogens (tertiary/aromatic N) is 1. The van der Waals surface area contributed by atoms with Gasteiger partial charge in [0.05, 0.1) is 19.0 Å². The van der Waals surface area contributed by atoms with Crippen LogP contribution in [0.15, 0.2) is 30.5 Å². The number of fused-ring (bicyclic) bond motifs is 1. The molecule has 2 rings (SSSR count). The largest absolute Gasteiger partial charge is 0.495 e. The monoisotopic (exact) mass is 290 g/mol. The minimum absolute atomic E-state index is 0.0635. The maximum Gasteiger partial charge on any atom is 0.305 e. The third-order valence-corrected chi connectivity index (χ3v) is 3.21. The van der Waals surface area contributed by atoms with Crippen molar-refractivity contribution in [1.29, 1.82) is 0 Å². The number of carbonyl (C=O) groups is 2. The van der Waals surface area contributed by atoms with Gasteiger partial charge >= 0.3 is 5.97 Å². The zero-order chi connectivity index (χ0) is 15.2. The second-order valence-electron chi connectivity index (χ2n) is 4.65. The van der Waals surface area contributed by atoms with Gasteiger partial charge < -0.3 is 19.7 Å². The summed E-state index contributed by atoms with van der Waals surface area (Å²) in [6.45, 7) is 0.673. The molecule has 1 heterocycles. The zero-order valence-corrected chi connectivity index (χ0v) is 11.8. The number of para-hydroxylation sites is 1. The Balaban J connectivity index is 1.97. The number of ether oxygens (including phenoxy) is 1. The summed E-state index contributed by atoms with van der Waals surface area (Å²) in [6.07, 6.45) is 2.14. The van der Waals surface area contributed by atoms with Gasteiger partial charge in [-0.1, -0.05) is 12.1 Å². The maximum absolute atomic E-state index is 11.7. The van der Waals surface area contributed by atoms with Crippen molar-refractivity contribution in [2.75, 3.05) is 13.7 Å². The minimum atomic E-state index is -0.920. The molecule has 6 nitrogen and oxygen atoms in total. The number of carboxylic acids is 1. The summed E-state index contributed by atoms with van der Waals surface area (Å²) in [5, 5.41) is 12.2. The molecule has 0 bridgehead atoms. The molecule has 0 spiro atoms. The lowest BCUT2D eigenvalue weighted by Gasteiger charge is -2.09. The number of aryl methyl sites for hydroxylation is 1. The molecule has 0 saturated carbocycles. The standard InChI is InChI=1S/C15H18N2O4/c1-21-12-4-2-3-11-6-9-17(15(11)12)10-7-13(18)16-8-5-14(19)20/h2-4,6,9H,5,7-8,10H2,1H3,(H,16,18)(H,19,20). The Labute approximate surface area is 122 Å². The third-order valence-electron chi connectivity index (χ3n) is 3.21. The van der Waals surface area contributed by atoms with E-state index in [9.17, 15) is 9.59 Å². The Morgan fingerprint density at radius 3 is 2.81 bits per heavy atom. The average Bonchev–Trinajstić information content (AvgIpc) is 2.88. The van der Waals surface area contributed by atoms with Gasteiger partial charge in [0, 0.05) is 31.1 Å². The highest BCUT2D eigenvalue weighted by atomic mass is 16.5. The number of carboxylic acid groups (broad SMARTS) is 1. The van der Waals surface area contributed by atoms with E-state index in [0.717, 1.165) is 16.7 Å². The molecule has 1 amide bonds. The Hall–Kier alpha value is -2.50. The molecule has 0 radical (unpaired) electrons. The SMILES string of the molecule is COc1cccc2ccn(CCC(=O)NCCC(=O)O)c12. The van der Waals surface area contributed by atoms with Crippen molar-refractivity contribution in [1.82, 2.24) is 9.88 Å². The zero-order valence-electron chi connectivity index (χ0n) is 11.8. The van der Waals surface area contributed by atoms with Crippen LogP contribution >= 0.6 is 0 Å². The van der Waals surface area contributed by atoms with E-state index >= 15 is 0 Å². The minimum Gasteiger partial charge on any atom is -0.495 e. The van der Waals surface area contributed by atoms with Gasteiger partial charge in [0.2, 0.25) is 5.91 Å². The number of benzene rings is 1. The second kappa shape index (κ2) is 6.78. The van der Waals surface area contributed by atoms with E-state index in [4.69, 9.17) is 9.84 Å². The fourth-order valence-electron chi connectivity index (χ4n) is 2.20. The van der Waals surface area contributed by atoms with E-state index in [-0.39, 0.29) is 18.9 Å². The van der Waals surface area contributed by atoms with Crippen LogP contribution in [0.1, 0.15) is 12.8 Å². The molecule has 21 heavy (non-hydrogen) atoms. The van der Waals surface area contributed by atoms with Gasteiger partial charge in [-0.05, 0) is 12.1 Å². The highest BCUT2D eigenvalue weighted by Crippen LogP contribution is 2.26. The van der Waals surface area contributed by atoms with Gasteiger partial charge in [0.25, 0.3) is 0 Å². The average molecular weight is 290 g/mol. The summed E-state index contributed by atoms with van der Waals surface area (Å²) in [4.78, 5) is 22.0. The third kappa shape index (κ3) is 3.75. The van der Waals surface area contributed by atoms with Crippen LogP contribution in [-0.2, 0) is 16.1 Å². The highest BCUT2D eigenvalue weighted by Gasteiger charge is 2.08. The molecular formula is C15H18N2O4. The van der Waals surface area contributed by atoms with Crippen LogP contribution in [0.2, 0.25) is 0 Å². The fourth-order valence-corrected chi connectivity index (χ4v) is 2.20. The molecule has 112 valence electrons. The quantitative estimate of drug-likeness (QED) is 0.812. The molecule has 0 saturated heterocycles. The molecule has 0 aliphatic rings. The summed E-state index contributed by atoms with van der Waals surface area (Å²) < 4.78 is 7.30. The van der Waals surface area contributed by atoms with Crippen molar-refractivity contribution < 1.29 is 19.4 Å². The Morgan fingerprint density at radius 2 is 2.10 bits per heavy atom. The molecule has 0 unspecified atom stereocenters. The number of aromatic nitrogens is 1. The van der Waals surface area contributed by atoms with Crippen molar-refractivity contribution in [2.45, 2.75) is 19.4 Å². The van der Waals surface area contributed by atoms with Crippen molar-refractivity contribution in [2.24, 2.45) is 0 Å². The second-order valence-corrected chi connectivity index (χ2v) is 4.65. The first kappa shape index (κ1) is 14.9. The Kier molecular flexibility index (Phi) is 4.81. The number of nitrogens with one attached hydrogen (secondary N) is 1. The Bertz CT molecular complexity index is 648. The molecule has 1 aromatic heterocycles. The van der Waals surface area contributed by atoms with Gasteiger partial charge in [-0.2, -0.15) is 0 Å². The number of hydrogen-bond donors (Lipinski definition) is 2. The normalized spacial score (nSPS) is 10.5. The van der Waals surface area contributed by atoms with Crippen LogP contribution in [-0.4, -0.2) is 35.2 Å². The molecule has 0 atom stereocenters. The summed E-state index contributed by atoms with van der Waals surface area (Å²) in [5.74, 6) is -0.312. The first-order valence-corrected chi connectivity index (χ1v) is 6.72. The summed E-state index contributed by atoms with van der Waals surface area (Å²) in [7, 11) is 1.62. The van der Waals surface area contributed by atoms with Gasteiger partial charge in [0.1, 0.15) is 5.75 Å². The predicted molar refractivity (Wildman–Crippen MR) is 78.4 cm³/mol. The van der Waals surface area contributed by atoms with E-state index in [1.807, 2.05) is 35.0 Å². The van der Waals surface area contributed by atoms with Gasteiger partial charge in [-0.15, -0.1) is 0 Å². The summed E-state index contributed by atoms with van der Waals surface area (Å²) in [5.41, 5.74) is 0.957. The predicted octanol–water partition coefficient (Wildman–Crippen LogP) is 1.63. The molecule has 2 N–H and O–H groups in total. The van der Waals surface area contributed by atoms with Crippen molar-refractivity contribution in [3.05, 3.63) is 30.5 Å². The van der Waals surface area contributed by atoms with Crippen LogP contribution in [0.25, 0.3) is 10.9 Å². The van der Waals surface area contributed by atoms with Gasteiger partial charge in [0.15, 0.2) is 0 Å². The van der Waals surface area contributed by atoms with Crippen LogP contribution < -0.4 is 10.1 Å². The van der Waals surface area contributed by atoms with Gasteiger partial charge in [-0.25, -0.2) is 0 Å². The lowest BCUT2D eigenvalue weighted by Crippen LogP contribution is -2.26. The lowest BCUT2D eigenvalue weighted by atomic mass is 10.2. The molecule has 0 aliphatic carbocycles. The number of rotatable bonds is 7. The fraction of sp³-hybridized carbons (Fsp3) is 0.333. The van der Waals surface area contributed by atoms with Crippen LogP contribution in [0.5, 0.6) is 5.75 Å². The van der Waals surface area contributed by atoms with Crippen molar-refractivity contribution in [3.63, 3.8) is 0 Å². The number of amides is 1. The number of carbonyl (C=O) groups excluding carboxylic acids is 1. The van der Waals surface area contributed by atoms with Crippen molar-refractivity contribution >= 4 is 22.8 Å². The maximum atomic E-state index is 11.7. The van der Waals surface area contributed by atoms with Crippen LogP contribution in [0.4, 0.5) is 0 Å². The molecular weight excluding hydrogens is 272 g/mol. The number of aliphatic carboxylic acids is 1. The molecule has 0 aliphatic heterocycles. The van der Waals surface area contributed by atoms with Crippen molar-refractivity contribution in [3.8, 4) is 5.75 Å². The van der Waals surface area contributed by atoms with Gasteiger partial charge in [-0.3, -0.25) is 9.59 Å². The molecule has 1 aromatic carbocycles. The smallest absolute Gasteiger partial charge is 0.305 e. The van der Waals surface area contributed by atoms with Crippen LogP contribution in [0, 0.1) is 0 Å². The molecule has 2 aromatic rings. The van der Waals surface area contributed by atoms with E-state index in [2.05, 4.69) is 5.32 Å². The number of hydrogen-bond acceptors (Lipinski definition) is 3. The molecule has 6 heteroatoms. The highest BCUT2D eigenvalue weighted by molar-refractivity contribution is 5.86. The van der Waals surface area contributed by atoms with Crippen LogP contribution in [0.3, 0.4) is 0 Å². The first-order chi connectivity index (χ1) is 10.1.